The van der Waals surface area contributed by atoms with Gasteiger partial charge >= 0.3 is 0 Å². The standard InChI is InChI=1S/C25H30N4O4S/c1-17-26-23-22(29(17)19-11-14-34(31,32)16-19)15-21(18-7-9-20(33-2)10-8-18)27-24(23)25(30)28-12-5-3-4-6-13-28/h7-10,15,19H,3-6,11-14,16H2,1-2H3. The molecule has 0 aliphatic carbocycles. The Balaban J connectivity index is 1.67. The second-order valence-electron chi connectivity index (χ2n) is 9.24. The second-order valence-corrected chi connectivity index (χ2v) is 11.5. The lowest BCUT2D eigenvalue weighted by Gasteiger charge is -2.20. The second kappa shape index (κ2) is 9.02. The van der Waals surface area contributed by atoms with Gasteiger partial charge in [0.25, 0.3) is 5.91 Å². The number of imidazole rings is 1. The molecule has 0 bridgehead atoms. The summed E-state index contributed by atoms with van der Waals surface area (Å²) in [5, 5.41) is 0. The largest absolute Gasteiger partial charge is 0.497 e. The van der Waals surface area contributed by atoms with Crippen LogP contribution in [0.5, 0.6) is 5.75 Å². The minimum Gasteiger partial charge on any atom is -0.497 e. The molecule has 3 aromatic rings. The molecule has 1 unspecified atom stereocenters. The van der Waals surface area contributed by atoms with Crippen LogP contribution >= 0.6 is 0 Å². The van der Waals surface area contributed by atoms with Crippen molar-refractivity contribution in [1.29, 1.82) is 0 Å². The van der Waals surface area contributed by atoms with Crippen molar-refractivity contribution in [2.45, 2.75) is 45.1 Å². The molecule has 5 rings (SSSR count). The highest BCUT2D eigenvalue weighted by atomic mass is 32.2. The fraction of sp³-hybridized carbons (Fsp3) is 0.480. The third-order valence-corrected chi connectivity index (χ3v) is 8.66. The van der Waals surface area contributed by atoms with Gasteiger partial charge < -0.3 is 14.2 Å². The van der Waals surface area contributed by atoms with Gasteiger partial charge in [0.1, 0.15) is 17.1 Å². The van der Waals surface area contributed by atoms with Crippen molar-refractivity contribution in [3.8, 4) is 17.0 Å². The Hall–Kier alpha value is -2.94. The third kappa shape index (κ3) is 4.29. The molecule has 2 fully saturated rings. The molecule has 2 aliphatic heterocycles. The molecule has 0 N–H and O–H groups in total. The van der Waals surface area contributed by atoms with Gasteiger partial charge in [0, 0.05) is 18.7 Å². The average molecular weight is 483 g/mol. The molecule has 1 atom stereocenters. The summed E-state index contributed by atoms with van der Waals surface area (Å²) in [7, 11) is -1.46. The Morgan fingerprint density at radius 3 is 2.38 bits per heavy atom. The number of hydrogen-bond donors (Lipinski definition) is 0. The summed E-state index contributed by atoms with van der Waals surface area (Å²) >= 11 is 0. The summed E-state index contributed by atoms with van der Waals surface area (Å²) in [4.78, 5) is 25.1. The predicted octanol–water partition coefficient (Wildman–Crippen LogP) is 3.79. The van der Waals surface area contributed by atoms with Crippen LogP contribution in [-0.4, -0.2) is 65.5 Å². The molecule has 4 heterocycles. The molecule has 0 radical (unpaired) electrons. The van der Waals surface area contributed by atoms with Gasteiger partial charge in [-0.25, -0.2) is 18.4 Å². The minimum atomic E-state index is -3.08. The number of rotatable bonds is 4. The first-order valence-corrected chi connectivity index (χ1v) is 13.7. The molecule has 1 aromatic carbocycles. The summed E-state index contributed by atoms with van der Waals surface area (Å²) in [6, 6.07) is 9.30. The highest BCUT2D eigenvalue weighted by Crippen LogP contribution is 2.33. The molecule has 2 aromatic heterocycles. The van der Waals surface area contributed by atoms with Crippen LogP contribution in [0.1, 0.15) is 54.5 Å². The lowest BCUT2D eigenvalue weighted by molar-refractivity contribution is 0.0758. The van der Waals surface area contributed by atoms with E-state index in [-0.39, 0.29) is 23.5 Å². The Morgan fingerprint density at radius 1 is 1.06 bits per heavy atom. The molecule has 2 saturated heterocycles. The summed E-state index contributed by atoms with van der Waals surface area (Å²) in [6.45, 7) is 3.31. The first kappa shape index (κ1) is 22.8. The van der Waals surface area contributed by atoms with Crippen molar-refractivity contribution in [1.82, 2.24) is 19.4 Å². The first-order valence-electron chi connectivity index (χ1n) is 11.9. The van der Waals surface area contributed by atoms with Crippen LogP contribution < -0.4 is 4.74 Å². The lowest BCUT2D eigenvalue weighted by atomic mass is 10.1. The molecule has 180 valence electrons. The van der Waals surface area contributed by atoms with Crippen molar-refractivity contribution in [3.63, 3.8) is 0 Å². The fourth-order valence-corrected chi connectivity index (χ4v) is 6.83. The number of sulfone groups is 1. The van der Waals surface area contributed by atoms with Crippen LogP contribution in [0, 0.1) is 6.92 Å². The van der Waals surface area contributed by atoms with Crippen LogP contribution in [0.3, 0.4) is 0 Å². The highest BCUT2D eigenvalue weighted by molar-refractivity contribution is 7.91. The molecule has 9 heteroatoms. The van der Waals surface area contributed by atoms with Crippen molar-refractivity contribution in [3.05, 3.63) is 41.9 Å². The molecule has 0 saturated carbocycles. The zero-order valence-electron chi connectivity index (χ0n) is 19.7. The number of aryl methyl sites for hydroxylation is 1. The smallest absolute Gasteiger partial charge is 0.274 e. The number of pyridine rings is 1. The van der Waals surface area contributed by atoms with E-state index in [2.05, 4.69) is 0 Å². The maximum absolute atomic E-state index is 13.7. The van der Waals surface area contributed by atoms with Crippen LogP contribution in [0.25, 0.3) is 22.3 Å². The number of hydrogen-bond acceptors (Lipinski definition) is 6. The molecule has 34 heavy (non-hydrogen) atoms. The number of ether oxygens (including phenoxy) is 1. The van der Waals surface area contributed by atoms with E-state index in [0.717, 1.165) is 55.6 Å². The normalized spacial score (nSPS) is 20.4. The summed E-state index contributed by atoms with van der Waals surface area (Å²) < 4.78 is 31.7. The molecule has 8 nitrogen and oxygen atoms in total. The molecule has 2 aliphatic rings. The van der Waals surface area contributed by atoms with E-state index < -0.39 is 9.84 Å². The number of amides is 1. The van der Waals surface area contributed by atoms with Crippen molar-refractivity contribution in [2.75, 3.05) is 31.7 Å². The fourth-order valence-electron chi connectivity index (χ4n) is 5.13. The Morgan fingerprint density at radius 2 is 1.76 bits per heavy atom. The van der Waals surface area contributed by atoms with E-state index in [4.69, 9.17) is 14.7 Å². The van der Waals surface area contributed by atoms with Crippen molar-refractivity contribution in [2.24, 2.45) is 0 Å². The van der Waals surface area contributed by atoms with E-state index in [1.54, 1.807) is 7.11 Å². The molecular weight excluding hydrogens is 452 g/mol. The van der Waals surface area contributed by atoms with E-state index in [9.17, 15) is 13.2 Å². The number of carbonyl (C=O) groups excluding carboxylic acids is 1. The van der Waals surface area contributed by atoms with Gasteiger partial charge in [-0.05, 0) is 56.5 Å². The van der Waals surface area contributed by atoms with E-state index in [0.29, 0.717) is 29.1 Å². The van der Waals surface area contributed by atoms with Crippen molar-refractivity contribution < 1.29 is 17.9 Å². The maximum Gasteiger partial charge on any atom is 0.274 e. The zero-order chi connectivity index (χ0) is 23.9. The number of fused-ring (bicyclic) bond motifs is 1. The molecule has 1 amide bonds. The Bertz CT molecular complexity index is 1320. The van der Waals surface area contributed by atoms with Crippen molar-refractivity contribution >= 4 is 26.8 Å². The number of carbonyl (C=O) groups is 1. The number of methoxy groups -OCH3 is 1. The van der Waals surface area contributed by atoms with Gasteiger partial charge in [0.05, 0.1) is 35.9 Å². The summed E-state index contributed by atoms with van der Waals surface area (Å²) in [5.74, 6) is 1.60. The quantitative estimate of drug-likeness (QED) is 0.562. The predicted molar refractivity (Wildman–Crippen MR) is 131 cm³/mol. The zero-order valence-corrected chi connectivity index (χ0v) is 20.5. The monoisotopic (exact) mass is 482 g/mol. The van der Waals surface area contributed by atoms with E-state index in [1.807, 2.05) is 46.7 Å². The summed E-state index contributed by atoms with van der Waals surface area (Å²) in [5.41, 5.74) is 3.17. The molecule has 0 spiro atoms. The SMILES string of the molecule is COc1ccc(-c2cc3c(nc(C)n3C3CCS(=O)(=O)C3)c(C(=O)N3CCCCCC3)n2)cc1. The maximum atomic E-state index is 13.7. The highest BCUT2D eigenvalue weighted by Gasteiger charge is 2.33. The number of aromatic nitrogens is 3. The van der Waals surface area contributed by atoms with E-state index in [1.165, 1.54) is 0 Å². The van der Waals surface area contributed by atoms with Crippen LogP contribution in [0.2, 0.25) is 0 Å². The molecular formula is C25H30N4O4S. The number of nitrogens with zero attached hydrogens (tertiary/aromatic N) is 4. The Labute approximate surface area is 199 Å². The van der Waals surface area contributed by atoms with Crippen LogP contribution in [-0.2, 0) is 9.84 Å². The van der Waals surface area contributed by atoms with Gasteiger partial charge in [0.2, 0.25) is 0 Å². The van der Waals surface area contributed by atoms with Gasteiger partial charge in [-0.1, -0.05) is 12.8 Å². The average Bonchev–Trinajstić information content (AvgIpc) is 3.21. The van der Waals surface area contributed by atoms with Gasteiger partial charge in [-0.2, -0.15) is 0 Å². The lowest BCUT2D eigenvalue weighted by Crippen LogP contribution is -2.32. The topological polar surface area (TPSA) is 94.4 Å². The number of likely N-dealkylation sites (tertiary alicyclic amines) is 1. The minimum absolute atomic E-state index is 0.0922. The third-order valence-electron chi connectivity index (χ3n) is 6.91. The summed E-state index contributed by atoms with van der Waals surface area (Å²) in [6.07, 6.45) is 4.77. The van der Waals surface area contributed by atoms with E-state index >= 15 is 0 Å². The van der Waals surface area contributed by atoms with Gasteiger partial charge in [-0.3, -0.25) is 4.79 Å². The van der Waals surface area contributed by atoms with Gasteiger partial charge in [-0.15, -0.1) is 0 Å². The Kier molecular flexibility index (Phi) is 6.06. The van der Waals surface area contributed by atoms with Crippen LogP contribution in [0.15, 0.2) is 30.3 Å². The van der Waals surface area contributed by atoms with Gasteiger partial charge in [0.15, 0.2) is 15.5 Å². The van der Waals surface area contributed by atoms with Crippen LogP contribution in [0.4, 0.5) is 0 Å². The first-order chi connectivity index (χ1) is 16.4. The number of benzene rings is 1.